The highest BCUT2D eigenvalue weighted by Gasteiger charge is 2.28. The quantitative estimate of drug-likeness (QED) is 0.853. The average Bonchev–Trinajstić information content (AvgIpc) is 2.88. The molecule has 0 fully saturated rings. The van der Waals surface area contributed by atoms with E-state index in [0.717, 1.165) is 22.7 Å². The van der Waals surface area contributed by atoms with Crippen LogP contribution >= 0.6 is 11.3 Å². The van der Waals surface area contributed by atoms with Crippen molar-refractivity contribution in [2.75, 3.05) is 6.61 Å². The van der Waals surface area contributed by atoms with E-state index in [-0.39, 0.29) is 6.61 Å². The molecule has 3 nitrogen and oxygen atoms in total. The zero-order valence-electron chi connectivity index (χ0n) is 11.4. The number of aliphatic hydroxyl groups is 1. The van der Waals surface area contributed by atoms with E-state index in [1.54, 1.807) is 11.3 Å². The first-order valence-corrected chi connectivity index (χ1v) is 7.40. The summed E-state index contributed by atoms with van der Waals surface area (Å²) in [5.41, 5.74) is 1.76. The maximum Gasteiger partial charge on any atom is 0.0897 e. The number of benzene rings is 1. The second-order valence-electron chi connectivity index (χ2n) is 4.67. The number of aryl methyl sites for hydroxylation is 1. The van der Waals surface area contributed by atoms with Crippen LogP contribution in [0, 0.1) is 6.92 Å². The Labute approximate surface area is 118 Å². The minimum Gasteiger partial charge on any atom is -0.394 e. The molecule has 1 aromatic carbocycles. The van der Waals surface area contributed by atoms with E-state index < -0.39 is 5.54 Å². The van der Waals surface area contributed by atoms with Crippen LogP contribution in [0.2, 0.25) is 0 Å². The van der Waals surface area contributed by atoms with Gasteiger partial charge in [0.2, 0.25) is 0 Å². The van der Waals surface area contributed by atoms with Gasteiger partial charge in [0.1, 0.15) is 0 Å². The van der Waals surface area contributed by atoms with Crippen molar-refractivity contribution in [3.05, 3.63) is 52.0 Å². The molecule has 0 amide bonds. The topological polar surface area (TPSA) is 45.1 Å². The van der Waals surface area contributed by atoms with Gasteiger partial charge in [0.25, 0.3) is 0 Å². The number of nitrogens with zero attached hydrogens (tertiary/aromatic N) is 1. The molecular formula is C15H20N2OS. The van der Waals surface area contributed by atoms with Crippen LogP contribution in [-0.4, -0.2) is 16.7 Å². The van der Waals surface area contributed by atoms with Gasteiger partial charge < -0.3 is 5.11 Å². The lowest BCUT2D eigenvalue weighted by Crippen LogP contribution is -2.44. The van der Waals surface area contributed by atoms with Crippen molar-refractivity contribution in [1.29, 1.82) is 0 Å². The maximum atomic E-state index is 9.83. The summed E-state index contributed by atoms with van der Waals surface area (Å²) in [5, 5.41) is 16.4. The molecule has 2 N–H and O–H groups in total. The van der Waals surface area contributed by atoms with Crippen LogP contribution in [-0.2, 0) is 12.1 Å². The Morgan fingerprint density at radius 2 is 2.05 bits per heavy atom. The highest BCUT2D eigenvalue weighted by molar-refractivity contribution is 7.09. The number of hydrogen-bond donors (Lipinski definition) is 2. The van der Waals surface area contributed by atoms with E-state index in [4.69, 9.17) is 0 Å². The zero-order valence-corrected chi connectivity index (χ0v) is 12.2. The SMILES string of the molecule is CC[C@@](CO)(NCc1csc(C)n1)c1ccccc1. The zero-order chi connectivity index (χ0) is 13.7. The minimum atomic E-state index is -0.390. The Balaban J connectivity index is 2.16. The monoisotopic (exact) mass is 276 g/mol. The van der Waals surface area contributed by atoms with Crippen molar-refractivity contribution in [3.63, 3.8) is 0 Å². The summed E-state index contributed by atoms with van der Waals surface area (Å²) in [4.78, 5) is 4.45. The summed E-state index contributed by atoms with van der Waals surface area (Å²) in [5.74, 6) is 0. The summed E-state index contributed by atoms with van der Waals surface area (Å²) in [6.45, 7) is 4.84. The molecule has 4 heteroatoms. The molecule has 19 heavy (non-hydrogen) atoms. The van der Waals surface area contributed by atoms with E-state index >= 15 is 0 Å². The van der Waals surface area contributed by atoms with Crippen molar-refractivity contribution < 1.29 is 5.11 Å². The Morgan fingerprint density at radius 3 is 2.58 bits per heavy atom. The summed E-state index contributed by atoms with van der Waals surface area (Å²) in [6.07, 6.45) is 0.830. The number of nitrogens with one attached hydrogen (secondary N) is 1. The lowest BCUT2D eigenvalue weighted by atomic mass is 9.88. The summed E-state index contributed by atoms with van der Waals surface area (Å²) in [7, 11) is 0. The van der Waals surface area contributed by atoms with Crippen molar-refractivity contribution in [2.45, 2.75) is 32.4 Å². The van der Waals surface area contributed by atoms with Crippen molar-refractivity contribution in [2.24, 2.45) is 0 Å². The Hall–Kier alpha value is -1.23. The molecule has 1 atom stereocenters. The number of thiazole rings is 1. The van der Waals surface area contributed by atoms with Gasteiger partial charge in [-0.25, -0.2) is 4.98 Å². The van der Waals surface area contributed by atoms with Gasteiger partial charge in [-0.3, -0.25) is 5.32 Å². The molecule has 0 spiro atoms. The molecule has 0 saturated heterocycles. The fraction of sp³-hybridized carbons (Fsp3) is 0.400. The average molecular weight is 276 g/mol. The van der Waals surface area contributed by atoms with Gasteiger partial charge in [0, 0.05) is 11.9 Å². The molecule has 0 radical (unpaired) electrons. The smallest absolute Gasteiger partial charge is 0.0897 e. The van der Waals surface area contributed by atoms with Crippen LogP contribution in [0.3, 0.4) is 0 Å². The molecular weight excluding hydrogens is 256 g/mol. The molecule has 1 aromatic heterocycles. The molecule has 0 bridgehead atoms. The maximum absolute atomic E-state index is 9.83. The van der Waals surface area contributed by atoms with E-state index in [9.17, 15) is 5.11 Å². The molecule has 0 aliphatic heterocycles. The van der Waals surface area contributed by atoms with Crippen LogP contribution in [0.4, 0.5) is 0 Å². The third kappa shape index (κ3) is 3.21. The summed E-state index contributed by atoms with van der Waals surface area (Å²) >= 11 is 1.65. The summed E-state index contributed by atoms with van der Waals surface area (Å²) < 4.78 is 0. The van der Waals surface area contributed by atoms with Crippen molar-refractivity contribution in [1.82, 2.24) is 10.3 Å². The van der Waals surface area contributed by atoms with Crippen molar-refractivity contribution in [3.8, 4) is 0 Å². The molecule has 102 valence electrons. The fourth-order valence-corrected chi connectivity index (χ4v) is 2.81. The summed E-state index contributed by atoms with van der Waals surface area (Å²) in [6, 6.07) is 10.1. The highest BCUT2D eigenvalue weighted by atomic mass is 32.1. The Bertz CT molecular complexity index is 506. The van der Waals surface area contributed by atoms with Crippen LogP contribution in [0.25, 0.3) is 0 Å². The predicted molar refractivity (Wildman–Crippen MR) is 79.2 cm³/mol. The predicted octanol–water partition coefficient (Wildman–Crippen LogP) is 2.84. The first kappa shape index (κ1) is 14.2. The first-order valence-electron chi connectivity index (χ1n) is 6.52. The van der Waals surface area contributed by atoms with E-state index in [1.165, 1.54) is 0 Å². The van der Waals surface area contributed by atoms with Crippen LogP contribution < -0.4 is 5.32 Å². The highest BCUT2D eigenvalue weighted by Crippen LogP contribution is 2.25. The van der Waals surface area contributed by atoms with Crippen LogP contribution in [0.15, 0.2) is 35.7 Å². The third-order valence-electron chi connectivity index (χ3n) is 3.47. The van der Waals surface area contributed by atoms with Gasteiger partial charge in [-0.05, 0) is 18.9 Å². The van der Waals surface area contributed by atoms with Crippen LogP contribution in [0.5, 0.6) is 0 Å². The van der Waals surface area contributed by atoms with E-state index in [0.29, 0.717) is 6.54 Å². The first-order chi connectivity index (χ1) is 9.20. The third-order valence-corrected chi connectivity index (χ3v) is 4.30. The Kier molecular flexibility index (Phi) is 4.69. The molecule has 0 saturated carbocycles. The number of aromatic nitrogens is 1. The molecule has 0 unspecified atom stereocenters. The fourth-order valence-electron chi connectivity index (χ4n) is 2.20. The number of aliphatic hydroxyl groups excluding tert-OH is 1. The van der Waals surface area contributed by atoms with Gasteiger partial charge in [-0.1, -0.05) is 37.3 Å². The minimum absolute atomic E-state index is 0.0800. The molecule has 0 aliphatic rings. The van der Waals surface area contributed by atoms with Gasteiger partial charge in [-0.2, -0.15) is 0 Å². The normalized spacial score (nSPS) is 14.3. The molecule has 1 heterocycles. The van der Waals surface area contributed by atoms with E-state index in [1.807, 2.05) is 25.1 Å². The second kappa shape index (κ2) is 6.28. The number of rotatable bonds is 6. The van der Waals surface area contributed by atoms with Gasteiger partial charge in [0.15, 0.2) is 0 Å². The largest absolute Gasteiger partial charge is 0.394 e. The second-order valence-corrected chi connectivity index (χ2v) is 5.73. The lowest BCUT2D eigenvalue weighted by Gasteiger charge is -2.32. The van der Waals surface area contributed by atoms with Crippen molar-refractivity contribution >= 4 is 11.3 Å². The number of hydrogen-bond acceptors (Lipinski definition) is 4. The standard InChI is InChI=1S/C15H20N2OS/c1-3-15(11-18,13-7-5-4-6-8-13)16-9-14-10-19-12(2)17-14/h4-8,10,16,18H,3,9,11H2,1-2H3/t15-/m0/s1. The molecule has 0 aliphatic carbocycles. The lowest BCUT2D eigenvalue weighted by molar-refractivity contribution is 0.153. The molecule has 2 rings (SSSR count). The van der Waals surface area contributed by atoms with Crippen LogP contribution in [0.1, 0.15) is 29.6 Å². The van der Waals surface area contributed by atoms with Gasteiger partial charge in [0.05, 0.1) is 22.8 Å². The molecule has 2 aromatic rings. The Morgan fingerprint density at radius 1 is 1.32 bits per heavy atom. The van der Waals surface area contributed by atoms with Gasteiger partial charge in [-0.15, -0.1) is 11.3 Å². The van der Waals surface area contributed by atoms with Gasteiger partial charge >= 0.3 is 0 Å². The van der Waals surface area contributed by atoms with E-state index in [2.05, 4.69) is 34.7 Å².